The van der Waals surface area contributed by atoms with Crippen LogP contribution >= 0.6 is 11.3 Å². The molecule has 1 amide bonds. The molecule has 0 aliphatic carbocycles. The second kappa shape index (κ2) is 10.9. The number of benzodiazepines with no additional fused rings is 1. The lowest BCUT2D eigenvalue weighted by Crippen LogP contribution is -2.35. The fraction of sp³-hybridized carbons (Fsp3) is 0.172. The molecule has 3 aromatic heterocycles. The SMILES string of the molecule is O=C1Nc2ccccc2C(c2ccccc2)=NC1Nc1nnc(-c2nc(-c3ccccn3)sc2N2CCOCC2)o1. The van der Waals surface area contributed by atoms with Crippen molar-refractivity contribution >= 4 is 39.7 Å². The third-order valence-corrected chi connectivity index (χ3v) is 7.81. The largest absolute Gasteiger partial charge is 0.402 e. The number of anilines is 3. The number of amides is 1. The van der Waals surface area contributed by atoms with Gasteiger partial charge in [0.1, 0.15) is 10.0 Å². The lowest BCUT2D eigenvalue weighted by Gasteiger charge is -2.27. The summed E-state index contributed by atoms with van der Waals surface area (Å²) in [6.45, 7) is 2.67. The molecule has 12 heteroatoms. The molecule has 0 saturated carbocycles. The van der Waals surface area contributed by atoms with Gasteiger partial charge in [0.2, 0.25) is 6.17 Å². The van der Waals surface area contributed by atoms with E-state index in [4.69, 9.17) is 19.1 Å². The van der Waals surface area contributed by atoms with Crippen molar-refractivity contribution in [2.24, 2.45) is 4.99 Å². The first kappa shape index (κ1) is 25.1. The number of ether oxygens (including phenoxy) is 1. The summed E-state index contributed by atoms with van der Waals surface area (Å²) in [6.07, 6.45) is 0.726. The number of para-hydroxylation sites is 1. The summed E-state index contributed by atoms with van der Waals surface area (Å²) in [4.78, 5) is 29.5. The van der Waals surface area contributed by atoms with Gasteiger partial charge in [-0.15, -0.1) is 5.10 Å². The minimum atomic E-state index is -1.01. The number of nitrogens with one attached hydrogen (secondary N) is 2. The van der Waals surface area contributed by atoms with Gasteiger partial charge < -0.3 is 24.7 Å². The van der Waals surface area contributed by atoms with Crippen molar-refractivity contribution in [1.82, 2.24) is 20.2 Å². The van der Waals surface area contributed by atoms with E-state index in [0.29, 0.717) is 30.3 Å². The number of fused-ring (bicyclic) bond motifs is 1. The number of morpholine rings is 1. The number of thiazole rings is 1. The lowest BCUT2D eigenvalue weighted by molar-refractivity contribution is -0.116. The van der Waals surface area contributed by atoms with Gasteiger partial charge in [-0.2, -0.15) is 0 Å². The van der Waals surface area contributed by atoms with Crippen LogP contribution < -0.4 is 15.5 Å². The molecule has 1 unspecified atom stereocenters. The monoisotopic (exact) mass is 564 g/mol. The van der Waals surface area contributed by atoms with Gasteiger partial charge in [0.15, 0.2) is 5.69 Å². The van der Waals surface area contributed by atoms with E-state index in [9.17, 15) is 4.79 Å². The summed E-state index contributed by atoms with van der Waals surface area (Å²) in [6, 6.07) is 23.1. The van der Waals surface area contributed by atoms with Crippen LogP contribution in [0.5, 0.6) is 0 Å². The summed E-state index contributed by atoms with van der Waals surface area (Å²) >= 11 is 1.52. The number of rotatable bonds is 6. The molecule has 1 atom stereocenters. The van der Waals surface area contributed by atoms with Gasteiger partial charge in [-0.1, -0.05) is 71.0 Å². The fourth-order valence-corrected chi connectivity index (χ4v) is 5.79. The molecule has 5 heterocycles. The highest BCUT2D eigenvalue weighted by molar-refractivity contribution is 7.19. The maximum absolute atomic E-state index is 13.2. The highest BCUT2D eigenvalue weighted by atomic mass is 32.1. The molecule has 5 aromatic rings. The van der Waals surface area contributed by atoms with Gasteiger partial charge in [0.05, 0.1) is 30.3 Å². The number of nitrogens with zero attached hydrogens (tertiary/aromatic N) is 6. The van der Waals surface area contributed by atoms with E-state index in [1.165, 1.54) is 11.3 Å². The van der Waals surface area contributed by atoms with Crippen molar-refractivity contribution in [2.75, 3.05) is 41.8 Å². The summed E-state index contributed by atoms with van der Waals surface area (Å²) in [5.41, 5.74) is 4.37. The predicted octanol–water partition coefficient (Wildman–Crippen LogP) is 4.32. The summed E-state index contributed by atoms with van der Waals surface area (Å²) < 4.78 is 11.6. The van der Waals surface area contributed by atoms with E-state index < -0.39 is 6.17 Å². The van der Waals surface area contributed by atoms with Crippen LogP contribution in [-0.2, 0) is 9.53 Å². The fourth-order valence-electron chi connectivity index (χ4n) is 4.71. The maximum Gasteiger partial charge on any atom is 0.317 e. The van der Waals surface area contributed by atoms with Gasteiger partial charge in [0, 0.05) is 30.4 Å². The van der Waals surface area contributed by atoms with Crippen molar-refractivity contribution in [3.05, 3.63) is 90.1 Å². The number of pyridine rings is 1. The number of aliphatic imine (C=N–C) groups is 1. The second-order valence-electron chi connectivity index (χ2n) is 9.32. The highest BCUT2D eigenvalue weighted by Crippen LogP contribution is 2.40. The topological polar surface area (TPSA) is 131 Å². The third kappa shape index (κ3) is 5.06. The minimum absolute atomic E-state index is 0.0579. The van der Waals surface area contributed by atoms with Crippen LogP contribution in [0.4, 0.5) is 16.7 Å². The van der Waals surface area contributed by atoms with E-state index in [2.05, 4.69) is 30.7 Å². The number of benzene rings is 2. The van der Waals surface area contributed by atoms with Crippen molar-refractivity contribution in [3.8, 4) is 22.3 Å². The Kier molecular flexibility index (Phi) is 6.67. The summed E-state index contributed by atoms with van der Waals surface area (Å²) in [7, 11) is 0. The molecule has 7 rings (SSSR count). The first-order valence-corrected chi connectivity index (χ1v) is 13.9. The van der Waals surface area contributed by atoms with Crippen molar-refractivity contribution < 1.29 is 13.9 Å². The normalized spacial score (nSPS) is 16.9. The van der Waals surface area contributed by atoms with Gasteiger partial charge >= 0.3 is 6.01 Å². The zero-order chi connectivity index (χ0) is 27.6. The van der Waals surface area contributed by atoms with Gasteiger partial charge in [0.25, 0.3) is 11.8 Å². The Morgan fingerprint density at radius 3 is 2.59 bits per heavy atom. The number of hydrogen-bond donors (Lipinski definition) is 2. The van der Waals surface area contributed by atoms with E-state index in [1.54, 1.807) is 6.20 Å². The molecule has 2 aliphatic rings. The lowest BCUT2D eigenvalue weighted by atomic mass is 10.0. The summed E-state index contributed by atoms with van der Waals surface area (Å²) in [5.74, 6) is -0.111. The Morgan fingerprint density at radius 2 is 1.76 bits per heavy atom. The Hall–Kier alpha value is -4.94. The molecule has 11 nitrogen and oxygen atoms in total. The van der Waals surface area contributed by atoms with Gasteiger partial charge in [-0.25, -0.2) is 9.98 Å². The molecule has 0 bridgehead atoms. The molecule has 1 fully saturated rings. The first-order chi connectivity index (χ1) is 20.2. The quantitative estimate of drug-likeness (QED) is 0.310. The van der Waals surface area contributed by atoms with Gasteiger partial charge in [-0.3, -0.25) is 9.78 Å². The van der Waals surface area contributed by atoms with E-state index in [-0.39, 0.29) is 17.8 Å². The molecule has 2 aromatic carbocycles. The average molecular weight is 565 g/mol. The highest BCUT2D eigenvalue weighted by Gasteiger charge is 2.29. The number of hydrogen-bond acceptors (Lipinski definition) is 11. The van der Waals surface area contributed by atoms with Crippen LogP contribution in [-0.4, -0.2) is 64.3 Å². The van der Waals surface area contributed by atoms with Crippen molar-refractivity contribution in [3.63, 3.8) is 0 Å². The minimum Gasteiger partial charge on any atom is -0.402 e. The molecular formula is C29H24N8O3S. The Bertz CT molecular complexity index is 1710. The second-order valence-corrected chi connectivity index (χ2v) is 10.3. The van der Waals surface area contributed by atoms with Crippen molar-refractivity contribution in [1.29, 1.82) is 0 Å². The summed E-state index contributed by atoms with van der Waals surface area (Å²) in [5, 5.41) is 16.1. The molecule has 41 heavy (non-hydrogen) atoms. The molecular weight excluding hydrogens is 540 g/mol. The smallest absolute Gasteiger partial charge is 0.317 e. The maximum atomic E-state index is 13.2. The van der Waals surface area contributed by atoms with E-state index >= 15 is 0 Å². The number of aromatic nitrogens is 4. The Morgan fingerprint density at radius 1 is 0.951 bits per heavy atom. The molecule has 0 radical (unpaired) electrons. The number of carbonyl (C=O) groups excluding carboxylic acids is 1. The average Bonchev–Trinajstić information content (AvgIpc) is 3.65. The first-order valence-electron chi connectivity index (χ1n) is 13.1. The molecule has 204 valence electrons. The van der Waals surface area contributed by atoms with Crippen LogP contribution in [0.25, 0.3) is 22.3 Å². The van der Waals surface area contributed by atoms with Crippen LogP contribution in [0.2, 0.25) is 0 Å². The molecule has 1 saturated heterocycles. The van der Waals surface area contributed by atoms with E-state index in [1.807, 2.05) is 72.8 Å². The zero-order valence-corrected chi connectivity index (χ0v) is 22.5. The molecule has 2 N–H and O–H groups in total. The van der Waals surface area contributed by atoms with Crippen LogP contribution in [0.1, 0.15) is 11.1 Å². The molecule has 0 spiro atoms. The van der Waals surface area contributed by atoms with Crippen LogP contribution in [0, 0.1) is 0 Å². The van der Waals surface area contributed by atoms with Crippen LogP contribution in [0.15, 0.2) is 88.4 Å². The molecule has 2 aliphatic heterocycles. The Labute approximate surface area is 239 Å². The third-order valence-electron chi connectivity index (χ3n) is 6.67. The van der Waals surface area contributed by atoms with E-state index in [0.717, 1.165) is 39.9 Å². The predicted molar refractivity (Wildman–Crippen MR) is 156 cm³/mol. The van der Waals surface area contributed by atoms with Crippen molar-refractivity contribution in [2.45, 2.75) is 6.17 Å². The standard InChI is InChI=1S/C29H24N8O3S/c38-25-24(32-22(18-8-2-1-3-9-18)19-10-4-5-11-20(19)31-25)34-29-36-35-26(40-29)23-28(37-14-16-39-17-15-37)41-27(33-23)21-12-6-7-13-30-21/h1-13,24H,14-17H2,(H,31,38)(H,34,36). The van der Waals surface area contributed by atoms with Crippen LogP contribution in [0.3, 0.4) is 0 Å². The number of carbonyl (C=O) groups is 1. The zero-order valence-electron chi connectivity index (χ0n) is 21.7. The Balaban J connectivity index is 1.23. The van der Waals surface area contributed by atoms with Gasteiger partial charge in [-0.05, 0) is 18.2 Å².